The van der Waals surface area contributed by atoms with Gasteiger partial charge in [-0.25, -0.2) is 0 Å². The third kappa shape index (κ3) is 2.72. The van der Waals surface area contributed by atoms with Gasteiger partial charge in [0.2, 0.25) is 0 Å². The average Bonchev–Trinajstić information content (AvgIpc) is 3.00. The van der Waals surface area contributed by atoms with Crippen LogP contribution in [0.5, 0.6) is 0 Å². The van der Waals surface area contributed by atoms with Gasteiger partial charge in [0.25, 0.3) is 0 Å². The van der Waals surface area contributed by atoms with Gasteiger partial charge in [-0.1, -0.05) is 0 Å². The zero-order valence-electron chi connectivity index (χ0n) is 11.5. The molecule has 0 aromatic carbocycles. The molecule has 104 valence electrons. The van der Waals surface area contributed by atoms with Crippen LogP contribution in [0.2, 0.25) is 0 Å². The van der Waals surface area contributed by atoms with Gasteiger partial charge in [-0.3, -0.25) is 0 Å². The summed E-state index contributed by atoms with van der Waals surface area (Å²) in [6.07, 6.45) is 6.90. The second kappa shape index (κ2) is 5.45. The van der Waals surface area contributed by atoms with Gasteiger partial charge in [-0.15, -0.1) is 0 Å². The van der Waals surface area contributed by atoms with E-state index in [1.54, 1.807) is 0 Å². The number of hydrogen-bond acceptors (Lipinski definition) is 4. The van der Waals surface area contributed by atoms with Crippen LogP contribution in [-0.2, 0) is 0 Å². The van der Waals surface area contributed by atoms with E-state index in [-0.39, 0.29) is 0 Å². The molecule has 2 spiro atoms. The first kappa shape index (κ1) is 12.9. The van der Waals surface area contributed by atoms with E-state index in [9.17, 15) is 0 Å². The zero-order chi connectivity index (χ0) is 12.3. The standard InChI is InChI=1S/C8H16N2.C6H12N2/c1-3-8(7-9-5-1)4-2-6-10-8;1-2-7-3-6(1)4-8-5-6/h9-10H,1-7H2;7-8H,1-5H2. The van der Waals surface area contributed by atoms with Gasteiger partial charge in [-0.05, 0) is 51.7 Å². The van der Waals surface area contributed by atoms with Crippen molar-refractivity contribution in [2.24, 2.45) is 5.41 Å². The zero-order valence-corrected chi connectivity index (χ0v) is 11.5. The molecule has 0 aromatic rings. The Morgan fingerprint density at radius 3 is 1.78 bits per heavy atom. The summed E-state index contributed by atoms with van der Waals surface area (Å²) in [5, 5.41) is 13.7. The van der Waals surface area contributed by atoms with Crippen molar-refractivity contribution < 1.29 is 0 Å². The minimum atomic E-state index is 0.512. The summed E-state index contributed by atoms with van der Waals surface area (Å²) in [6.45, 7) is 8.65. The quantitative estimate of drug-likeness (QED) is 0.492. The lowest BCUT2D eigenvalue weighted by Crippen LogP contribution is -2.54. The maximum atomic E-state index is 3.61. The van der Waals surface area contributed by atoms with Crippen LogP contribution in [-0.4, -0.2) is 51.4 Å². The second-order valence-corrected chi connectivity index (χ2v) is 6.62. The maximum absolute atomic E-state index is 3.61. The third-order valence-electron chi connectivity index (χ3n) is 5.14. The molecule has 4 heteroatoms. The van der Waals surface area contributed by atoms with Crippen LogP contribution in [0, 0.1) is 5.41 Å². The lowest BCUT2D eigenvalue weighted by Gasteiger charge is -2.38. The molecule has 0 aliphatic carbocycles. The first-order chi connectivity index (χ1) is 8.83. The van der Waals surface area contributed by atoms with Crippen LogP contribution in [0.25, 0.3) is 0 Å². The SMILES string of the molecule is C1CC2(CN1)CNC2.C1CNCC2(C1)CCCN2. The summed E-state index contributed by atoms with van der Waals surface area (Å²) in [7, 11) is 0. The molecule has 1 atom stereocenters. The van der Waals surface area contributed by atoms with Gasteiger partial charge in [0.15, 0.2) is 0 Å². The van der Waals surface area contributed by atoms with Gasteiger partial charge in [0.05, 0.1) is 0 Å². The molecule has 0 amide bonds. The van der Waals surface area contributed by atoms with E-state index in [2.05, 4.69) is 21.3 Å². The van der Waals surface area contributed by atoms with Crippen molar-refractivity contribution in [2.45, 2.75) is 37.6 Å². The van der Waals surface area contributed by atoms with Crippen LogP contribution in [0.15, 0.2) is 0 Å². The van der Waals surface area contributed by atoms with Crippen molar-refractivity contribution >= 4 is 0 Å². The van der Waals surface area contributed by atoms with Crippen molar-refractivity contribution in [3.63, 3.8) is 0 Å². The molecule has 0 radical (unpaired) electrons. The van der Waals surface area contributed by atoms with Crippen molar-refractivity contribution in [1.82, 2.24) is 21.3 Å². The predicted molar refractivity (Wildman–Crippen MR) is 74.9 cm³/mol. The van der Waals surface area contributed by atoms with Crippen LogP contribution < -0.4 is 21.3 Å². The Hall–Kier alpha value is -0.160. The van der Waals surface area contributed by atoms with E-state index in [1.165, 1.54) is 77.9 Å². The van der Waals surface area contributed by atoms with E-state index in [1.807, 2.05) is 0 Å². The van der Waals surface area contributed by atoms with Gasteiger partial charge >= 0.3 is 0 Å². The molecule has 0 saturated carbocycles. The second-order valence-electron chi connectivity index (χ2n) is 6.62. The van der Waals surface area contributed by atoms with Gasteiger partial charge < -0.3 is 21.3 Å². The van der Waals surface area contributed by atoms with E-state index in [0.717, 1.165) is 0 Å². The molecule has 4 aliphatic heterocycles. The Labute approximate surface area is 111 Å². The molecular weight excluding hydrogens is 224 g/mol. The number of piperidine rings is 1. The van der Waals surface area contributed by atoms with E-state index >= 15 is 0 Å². The van der Waals surface area contributed by atoms with Crippen LogP contribution in [0.1, 0.15) is 32.1 Å². The van der Waals surface area contributed by atoms with Crippen molar-refractivity contribution in [3.8, 4) is 0 Å². The molecule has 1 unspecified atom stereocenters. The summed E-state index contributed by atoms with van der Waals surface area (Å²) < 4.78 is 0. The fraction of sp³-hybridized carbons (Fsp3) is 1.00. The highest BCUT2D eigenvalue weighted by atomic mass is 15.1. The molecule has 4 nitrogen and oxygen atoms in total. The molecule has 18 heavy (non-hydrogen) atoms. The molecule has 4 saturated heterocycles. The molecule has 4 rings (SSSR count). The minimum Gasteiger partial charge on any atom is -0.316 e. The summed E-state index contributed by atoms with van der Waals surface area (Å²) in [6, 6.07) is 0. The maximum Gasteiger partial charge on any atom is 0.0307 e. The Kier molecular flexibility index (Phi) is 3.89. The third-order valence-corrected chi connectivity index (χ3v) is 5.14. The van der Waals surface area contributed by atoms with E-state index in [0.29, 0.717) is 11.0 Å². The Morgan fingerprint density at radius 2 is 1.33 bits per heavy atom. The Morgan fingerprint density at radius 1 is 0.611 bits per heavy atom. The smallest absolute Gasteiger partial charge is 0.0307 e. The molecule has 4 heterocycles. The van der Waals surface area contributed by atoms with E-state index < -0.39 is 0 Å². The van der Waals surface area contributed by atoms with Gasteiger partial charge in [0, 0.05) is 37.1 Å². The lowest BCUT2D eigenvalue weighted by molar-refractivity contribution is 0.197. The molecule has 4 N–H and O–H groups in total. The van der Waals surface area contributed by atoms with Gasteiger partial charge in [0.1, 0.15) is 0 Å². The highest BCUT2D eigenvalue weighted by Crippen LogP contribution is 2.28. The van der Waals surface area contributed by atoms with Crippen LogP contribution >= 0.6 is 0 Å². The summed E-state index contributed by atoms with van der Waals surface area (Å²) in [4.78, 5) is 0. The number of rotatable bonds is 0. The van der Waals surface area contributed by atoms with Gasteiger partial charge in [-0.2, -0.15) is 0 Å². The minimum absolute atomic E-state index is 0.512. The first-order valence-corrected chi connectivity index (χ1v) is 7.70. The monoisotopic (exact) mass is 252 g/mol. The summed E-state index contributed by atoms with van der Waals surface area (Å²) in [5.74, 6) is 0. The summed E-state index contributed by atoms with van der Waals surface area (Å²) in [5.41, 5.74) is 1.21. The lowest BCUT2D eigenvalue weighted by atomic mass is 9.81. The van der Waals surface area contributed by atoms with E-state index in [4.69, 9.17) is 0 Å². The van der Waals surface area contributed by atoms with Crippen molar-refractivity contribution in [1.29, 1.82) is 0 Å². The highest BCUT2D eigenvalue weighted by Gasteiger charge is 2.39. The molecule has 0 aromatic heterocycles. The number of hydrogen-bond donors (Lipinski definition) is 4. The van der Waals surface area contributed by atoms with Crippen LogP contribution in [0.4, 0.5) is 0 Å². The topological polar surface area (TPSA) is 48.1 Å². The largest absolute Gasteiger partial charge is 0.316 e. The normalized spacial score (nSPS) is 37.3. The molecule has 4 fully saturated rings. The number of nitrogens with one attached hydrogen (secondary N) is 4. The predicted octanol–water partition coefficient (Wildman–Crippen LogP) is 0.0613. The Bertz CT molecular complexity index is 253. The van der Waals surface area contributed by atoms with Crippen LogP contribution in [0.3, 0.4) is 0 Å². The fourth-order valence-electron chi connectivity index (χ4n) is 3.78. The van der Waals surface area contributed by atoms with Crippen molar-refractivity contribution in [2.75, 3.05) is 45.8 Å². The molecule has 0 bridgehead atoms. The summed E-state index contributed by atoms with van der Waals surface area (Å²) >= 11 is 0. The first-order valence-electron chi connectivity index (χ1n) is 7.70. The highest BCUT2D eigenvalue weighted by molar-refractivity contribution is 4.98. The fourth-order valence-corrected chi connectivity index (χ4v) is 3.78. The average molecular weight is 252 g/mol. The molecular formula is C14H28N4. The molecule has 4 aliphatic rings. The van der Waals surface area contributed by atoms with Crippen molar-refractivity contribution in [3.05, 3.63) is 0 Å². The Balaban J connectivity index is 0.000000114.